The maximum Gasteiger partial charge on any atom is 0.223 e. The van der Waals surface area contributed by atoms with Crippen molar-refractivity contribution >= 4 is 32.2 Å². The van der Waals surface area contributed by atoms with E-state index in [0.717, 1.165) is 28.1 Å². The molecule has 6 nitrogen and oxygen atoms in total. The third kappa shape index (κ3) is 5.50. The molecule has 29 heavy (non-hydrogen) atoms. The van der Waals surface area contributed by atoms with Crippen molar-refractivity contribution < 1.29 is 13.2 Å². The Balaban J connectivity index is 1.88. The summed E-state index contributed by atoms with van der Waals surface area (Å²) < 4.78 is 23.4. The molecule has 0 aliphatic heterocycles. The minimum atomic E-state index is -3.25. The van der Waals surface area contributed by atoms with Gasteiger partial charge in [-0.1, -0.05) is 47.7 Å². The number of hydrogen-bond donors (Lipinski definition) is 2. The summed E-state index contributed by atoms with van der Waals surface area (Å²) in [6.07, 6.45) is 2.68. The highest BCUT2D eigenvalue weighted by Crippen LogP contribution is 2.34. The van der Waals surface area contributed by atoms with Gasteiger partial charge in [-0.25, -0.2) is 13.4 Å². The maximum atomic E-state index is 11.7. The molecule has 1 amide bonds. The second-order valence-corrected chi connectivity index (χ2v) is 9.81. The van der Waals surface area contributed by atoms with Gasteiger partial charge in [-0.3, -0.25) is 4.79 Å². The van der Waals surface area contributed by atoms with Gasteiger partial charge in [-0.05, 0) is 41.7 Å². The number of benzene rings is 2. The molecular formula is C21H23N3O3S2. The van der Waals surface area contributed by atoms with Crippen LogP contribution in [0.25, 0.3) is 10.4 Å². The first kappa shape index (κ1) is 21.2. The van der Waals surface area contributed by atoms with E-state index >= 15 is 0 Å². The number of nitrogens with two attached hydrogens (primary N) is 1. The molecule has 0 unspecified atom stereocenters. The van der Waals surface area contributed by atoms with Crippen molar-refractivity contribution in [1.82, 2.24) is 4.98 Å². The molecule has 0 saturated heterocycles. The molecule has 152 valence electrons. The zero-order valence-electron chi connectivity index (χ0n) is 16.3. The molecule has 1 heterocycles. The number of carbonyl (C=O) groups excluding carboxylic acids is 1. The third-order valence-corrected chi connectivity index (χ3v) is 6.62. The molecular weight excluding hydrogens is 406 g/mol. The molecule has 0 aliphatic carbocycles. The minimum Gasteiger partial charge on any atom is -0.326 e. The van der Waals surface area contributed by atoms with Crippen molar-refractivity contribution in [3.8, 4) is 10.4 Å². The molecule has 1 aromatic heterocycles. The number of aromatic nitrogens is 1. The Labute approximate surface area is 174 Å². The summed E-state index contributed by atoms with van der Waals surface area (Å²) in [5, 5.41) is 3.28. The van der Waals surface area contributed by atoms with Crippen LogP contribution < -0.4 is 11.1 Å². The SMILES string of the molecule is CC(=O)Nc1nc(CCc2ccc(CN)cc2)c(-c2ccc(S(C)(=O)=O)cc2)s1. The van der Waals surface area contributed by atoms with E-state index in [1.54, 1.807) is 24.3 Å². The van der Waals surface area contributed by atoms with Crippen molar-refractivity contribution in [1.29, 1.82) is 0 Å². The Morgan fingerprint density at radius 1 is 1.03 bits per heavy atom. The minimum absolute atomic E-state index is 0.179. The first-order valence-electron chi connectivity index (χ1n) is 9.12. The fourth-order valence-corrected chi connectivity index (χ4v) is 4.60. The van der Waals surface area contributed by atoms with Crippen LogP contribution in [0, 0.1) is 0 Å². The summed E-state index contributed by atoms with van der Waals surface area (Å²) in [6.45, 7) is 1.96. The van der Waals surface area contributed by atoms with E-state index in [2.05, 4.69) is 22.4 Å². The van der Waals surface area contributed by atoms with Gasteiger partial charge in [-0.2, -0.15) is 0 Å². The van der Waals surface area contributed by atoms with E-state index in [0.29, 0.717) is 18.1 Å². The number of anilines is 1. The first-order chi connectivity index (χ1) is 13.8. The topological polar surface area (TPSA) is 102 Å². The zero-order valence-corrected chi connectivity index (χ0v) is 17.9. The van der Waals surface area contributed by atoms with Gasteiger partial charge in [0.2, 0.25) is 5.91 Å². The number of hydrogen-bond acceptors (Lipinski definition) is 6. The fourth-order valence-electron chi connectivity index (χ4n) is 2.91. The van der Waals surface area contributed by atoms with Crippen molar-refractivity contribution in [2.75, 3.05) is 11.6 Å². The quantitative estimate of drug-likeness (QED) is 0.599. The number of thiazole rings is 1. The van der Waals surface area contributed by atoms with Crippen LogP contribution in [0.4, 0.5) is 5.13 Å². The molecule has 3 N–H and O–H groups in total. The smallest absolute Gasteiger partial charge is 0.223 e. The Kier molecular flexibility index (Phi) is 6.46. The summed E-state index contributed by atoms with van der Waals surface area (Å²) in [5.41, 5.74) is 9.65. The lowest BCUT2D eigenvalue weighted by atomic mass is 10.0. The van der Waals surface area contributed by atoms with Gasteiger partial charge < -0.3 is 11.1 Å². The number of aryl methyl sites for hydroxylation is 2. The van der Waals surface area contributed by atoms with Crippen LogP contribution in [0.5, 0.6) is 0 Å². The van der Waals surface area contributed by atoms with Crippen LogP contribution in [0.2, 0.25) is 0 Å². The Bertz CT molecular complexity index is 1100. The van der Waals surface area contributed by atoms with Gasteiger partial charge >= 0.3 is 0 Å². The van der Waals surface area contributed by atoms with Gasteiger partial charge in [-0.15, -0.1) is 0 Å². The molecule has 3 aromatic rings. The average Bonchev–Trinajstić information content (AvgIpc) is 3.08. The number of nitrogens with one attached hydrogen (secondary N) is 1. The number of nitrogens with zero attached hydrogens (tertiary/aromatic N) is 1. The summed E-state index contributed by atoms with van der Waals surface area (Å²) in [6, 6.07) is 14.9. The maximum absolute atomic E-state index is 11.7. The third-order valence-electron chi connectivity index (χ3n) is 4.43. The first-order valence-corrected chi connectivity index (χ1v) is 11.8. The number of sulfone groups is 1. The molecule has 2 aromatic carbocycles. The van der Waals surface area contributed by atoms with Crippen molar-refractivity contribution in [2.24, 2.45) is 5.73 Å². The van der Waals surface area contributed by atoms with E-state index in [1.807, 2.05) is 12.1 Å². The summed E-state index contributed by atoms with van der Waals surface area (Å²) in [4.78, 5) is 17.2. The Morgan fingerprint density at radius 3 is 2.21 bits per heavy atom. The lowest BCUT2D eigenvalue weighted by Gasteiger charge is -2.05. The second kappa shape index (κ2) is 8.86. The standard InChI is InChI=1S/C21H23N3O3S2/c1-14(25)23-21-24-19(12-7-15-3-5-16(13-22)6-4-15)20(28-21)17-8-10-18(11-9-17)29(2,26)27/h3-6,8-11H,7,12-13,22H2,1-2H3,(H,23,24,25). The van der Waals surface area contributed by atoms with E-state index < -0.39 is 9.84 Å². The van der Waals surface area contributed by atoms with Gasteiger partial charge in [0, 0.05) is 19.7 Å². The van der Waals surface area contributed by atoms with E-state index in [4.69, 9.17) is 5.73 Å². The van der Waals surface area contributed by atoms with Crippen LogP contribution in [0.15, 0.2) is 53.4 Å². The Hall–Kier alpha value is -2.55. The lowest BCUT2D eigenvalue weighted by Crippen LogP contribution is -2.05. The number of carbonyl (C=O) groups is 1. The lowest BCUT2D eigenvalue weighted by molar-refractivity contribution is -0.114. The molecule has 0 radical (unpaired) electrons. The highest BCUT2D eigenvalue weighted by molar-refractivity contribution is 7.90. The van der Waals surface area contributed by atoms with Crippen LogP contribution in [0.3, 0.4) is 0 Å². The highest BCUT2D eigenvalue weighted by Gasteiger charge is 2.15. The largest absolute Gasteiger partial charge is 0.326 e. The van der Waals surface area contributed by atoms with Crippen LogP contribution in [-0.4, -0.2) is 25.6 Å². The molecule has 0 bridgehead atoms. The van der Waals surface area contributed by atoms with E-state index in [-0.39, 0.29) is 10.8 Å². The van der Waals surface area contributed by atoms with Gasteiger partial charge in [0.15, 0.2) is 15.0 Å². The van der Waals surface area contributed by atoms with Gasteiger partial charge in [0.1, 0.15) is 0 Å². The Morgan fingerprint density at radius 2 is 1.66 bits per heavy atom. The number of amides is 1. The molecule has 3 rings (SSSR count). The molecule has 0 fully saturated rings. The van der Waals surface area contributed by atoms with Crippen LogP contribution in [0.1, 0.15) is 23.7 Å². The average molecular weight is 430 g/mol. The summed E-state index contributed by atoms with van der Waals surface area (Å²) in [5.74, 6) is -0.179. The van der Waals surface area contributed by atoms with Crippen molar-refractivity contribution in [2.45, 2.75) is 31.2 Å². The highest BCUT2D eigenvalue weighted by atomic mass is 32.2. The molecule has 0 saturated carbocycles. The summed E-state index contributed by atoms with van der Waals surface area (Å²) >= 11 is 1.39. The summed E-state index contributed by atoms with van der Waals surface area (Å²) in [7, 11) is -3.25. The zero-order chi connectivity index (χ0) is 21.0. The van der Waals surface area contributed by atoms with Crippen molar-refractivity contribution in [3.05, 3.63) is 65.4 Å². The monoisotopic (exact) mass is 429 g/mol. The van der Waals surface area contributed by atoms with Crippen LogP contribution in [-0.2, 0) is 34.0 Å². The number of rotatable bonds is 7. The fraction of sp³-hybridized carbons (Fsp3) is 0.238. The molecule has 8 heteroatoms. The molecule has 0 spiro atoms. The molecule has 0 atom stereocenters. The predicted octanol–water partition coefficient (Wildman–Crippen LogP) is 3.42. The van der Waals surface area contributed by atoms with Gasteiger partial charge in [0.05, 0.1) is 15.5 Å². The second-order valence-electron chi connectivity index (χ2n) is 6.79. The van der Waals surface area contributed by atoms with Crippen LogP contribution >= 0.6 is 11.3 Å². The van der Waals surface area contributed by atoms with E-state index in [9.17, 15) is 13.2 Å². The van der Waals surface area contributed by atoms with Gasteiger partial charge in [0.25, 0.3) is 0 Å². The van der Waals surface area contributed by atoms with Crippen molar-refractivity contribution in [3.63, 3.8) is 0 Å². The molecule has 0 aliphatic rings. The van der Waals surface area contributed by atoms with E-state index in [1.165, 1.54) is 30.1 Å². The normalized spacial score (nSPS) is 11.4. The predicted molar refractivity (Wildman–Crippen MR) is 117 cm³/mol.